The number of hydrogen-bond donors (Lipinski definition) is 2. The molecule has 0 saturated heterocycles. The van der Waals surface area contributed by atoms with Crippen LogP contribution < -0.4 is 69.7 Å². The van der Waals surface area contributed by atoms with E-state index in [4.69, 9.17) is 28.4 Å². The number of carbonyl (C=O) groups excluding carboxylic acids is 4. The summed E-state index contributed by atoms with van der Waals surface area (Å²) in [6, 6.07) is 5.55. The van der Waals surface area contributed by atoms with E-state index in [0.29, 0.717) is 36.5 Å². The van der Waals surface area contributed by atoms with Crippen LogP contribution in [-0.4, -0.2) is 117 Å². The summed E-state index contributed by atoms with van der Waals surface area (Å²) in [6.45, 7) is 19.9. The van der Waals surface area contributed by atoms with Gasteiger partial charge in [0.2, 0.25) is 12.6 Å². The molecule has 2 N–H and O–H groups in total. The molecule has 90 heavy (non-hydrogen) atoms. The number of ether oxygens (including phenoxy) is 6. The Hall–Kier alpha value is -3.88. The minimum Gasteiger partial charge on any atom is -0.744 e. The monoisotopic (exact) mass is 1430 g/mol. The summed E-state index contributed by atoms with van der Waals surface area (Å²) in [7, 11) is -10.4. The van der Waals surface area contributed by atoms with E-state index in [2.05, 4.69) is 105 Å². The predicted molar refractivity (Wildman–Crippen MR) is 324 cm³/mol. The molecule has 4 aromatic rings. The Labute approximate surface area is 586 Å². The summed E-state index contributed by atoms with van der Waals surface area (Å²) in [4.78, 5) is 51.8. The molecule has 24 nitrogen and oxygen atoms in total. The molecule has 10 atom stereocenters. The van der Waals surface area contributed by atoms with Gasteiger partial charge < -0.3 is 48.2 Å². The van der Waals surface area contributed by atoms with Crippen LogP contribution in [0.5, 0.6) is 0 Å². The number of carbonyl (C=O) groups is 4. The molecule has 2 fully saturated rings. The van der Waals surface area contributed by atoms with Gasteiger partial charge in [0.25, 0.3) is 0 Å². The number of aromatic nitrogens is 6. The first-order valence-corrected chi connectivity index (χ1v) is 33.9. The van der Waals surface area contributed by atoms with Crippen molar-refractivity contribution in [3.63, 3.8) is 0 Å². The minimum atomic E-state index is -5.21. The molecule has 0 radical (unpaired) electrons. The molecule has 0 amide bonds. The van der Waals surface area contributed by atoms with Crippen LogP contribution in [0.3, 0.4) is 0 Å². The Bertz CT molecular complexity index is 3330. The average molecular weight is 1440 g/mol. The zero-order valence-electron chi connectivity index (χ0n) is 52.7. The van der Waals surface area contributed by atoms with Crippen molar-refractivity contribution < 1.29 is 133 Å². The Kier molecular flexibility index (Phi) is 27.1. The minimum absolute atomic E-state index is 0. The zero-order valence-corrected chi connectivity index (χ0v) is 61.5. The third kappa shape index (κ3) is 19.4. The Morgan fingerprint density at radius 1 is 0.633 bits per heavy atom. The standard InChI is InChI=1S/C60H78Br2N8O16S2.2Na/c1-31(2)21-45(63-53-51(61)57(73)85-59(53)83-47-23-35(9)11-19-43(47)33(5)6)55(71)81-29-39-27-69(67-65-39)41-17-15-37(49(25-41)87(75,76)77)13-14-38-16-18-42(26-50(38)88(78,79)80)70-28-40(66-68-70)30-82-56(72)46(22-32(3)4)64-54-52(62)58(74)86-60(54)84-48-24-36(10)12-20-44(48)34(7)8;;/h13-18,25-28,31-36,43-48,59-60,63-64H,11-12,19-24,29-30H2,1-10H3,(H,75,76,77)(H,78,79,80);;/q;2*+1/p-2/b14-13+;;/t35-,36-,43+,44+,45+,46+,47-,48-,59+,60+;;/m1../s1. The van der Waals surface area contributed by atoms with Crippen LogP contribution in [0.2, 0.25) is 0 Å². The van der Waals surface area contributed by atoms with Gasteiger partial charge in [0.05, 0.1) is 45.8 Å². The number of benzene rings is 2. The van der Waals surface area contributed by atoms with Crippen LogP contribution in [0.1, 0.15) is 143 Å². The topological polar surface area (TPSA) is 324 Å². The molecule has 0 unspecified atom stereocenters. The molecule has 4 heterocycles. The number of esters is 4. The van der Waals surface area contributed by atoms with Crippen molar-refractivity contribution in [2.75, 3.05) is 0 Å². The molecule has 0 bridgehead atoms. The van der Waals surface area contributed by atoms with Crippen molar-refractivity contribution in [3.8, 4) is 11.4 Å². The summed E-state index contributed by atoms with van der Waals surface area (Å²) in [5.74, 6) is -0.565. The Morgan fingerprint density at radius 3 is 1.33 bits per heavy atom. The van der Waals surface area contributed by atoms with Crippen LogP contribution in [0.4, 0.5) is 0 Å². The van der Waals surface area contributed by atoms with Gasteiger partial charge in [0, 0.05) is 0 Å². The number of halogens is 2. The van der Waals surface area contributed by atoms with E-state index in [1.54, 1.807) is 0 Å². The second-order valence-electron chi connectivity index (χ2n) is 24.8. The fourth-order valence-electron chi connectivity index (χ4n) is 11.6. The van der Waals surface area contributed by atoms with E-state index in [1.807, 2.05) is 27.7 Å². The molecule has 4 aliphatic rings. The molecule has 30 heteroatoms. The van der Waals surface area contributed by atoms with Gasteiger partial charge in [-0.05, 0) is 153 Å². The van der Waals surface area contributed by atoms with E-state index in [1.165, 1.54) is 36.7 Å². The van der Waals surface area contributed by atoms with Crippen molar-refractivity contribution in [3.05, 3.63) is 91.7 Å². The predicted octanol–water partition coefficient (Wildman–Crippen LogP) is 2.86. The number of rotatable bonds is 26. The summed E-state index contributed by atoms with van der Waals surface area (Å²) >= 11 is 6.68. The first kappa shape index (κ1) is 75.2. The maximum atomic E-state index is 13.8. The zero-order chi connectivity index (χ0) is 64.1. The third-order valence-corrected chi connectivity index (χ3v) is 19.5. The summed E-state index contributed by atoms with van der Waals surface area (Å²) in [5, 5.41) is 22.6. The Balaban J connectivity index is 0.00000645. The fraction of sp³-hybridized carbons (Fsp3) is 0.567. The molecule has 2 aromatic heterocycles. The molecule has 2 aliphatic heterocycles. The van der Waals surface area contributed by atoms with E-state index >= 15 is 0 Å². The second-order valence-corrected chi connectivity index (χ2v) is 29.1. The third-order valence-electron chi connectivity index (χ3n) is 16.2. The number of nitrogens with one attached hydrogen (secondary N) is 2. The Morgan fingerprint density at radius 2 is 1.00 bits per heavy atom. The van der Waals surface area contributed by atoms with Crippen LogP contribution in [0, 0.1) is 47.3 Å². The molecule has 480 valence electrons. The quantitative estimate of drug-likeness (QED) is 0.0300. The van der Waals surface area contributed by atoms with E-state index in [-0.39, 0.29) is 162 Å². The van der Waals surface area contributed by atoms with Crippen molar-refractivity contribution in [2.24, 2.45) is 47.3 Å². The van der Waals surface area contributed by atoms with E-state index < -0.39 is 78.6 Å². The van der Waals surface area contributed by atoms with Gasteiger partial charge in [-0.15, -0.1) is 10.2 Å². The van der Waals surface area contributed by atoms with Gasteiger partial charge in [0.15, 0.2) is 0 Å². The maximum absolute atomic E-state index is 13.8. The van der Waals surface area contributed by atoms with E-state index in [9.17, 15) is 45.1 Å². The van der Waals surface area contributed by atoms with Crippen LogP contribution in [0.15, 0.2) is 78.9 Å². The summed E-state index contributed by atoms with van der Waals surface area (Å²) in [6.07, 6.45) is 8.86. The fourth-order valence-corrected chi connectivity index (χ4v) is 13.8. The molecular weight excluding hydrogens is 1360 g/mol. The molecule has 2 aromatic carbocycles. The SMILES string of the molecule is CC(C)C[C@H](NC1=C(Br)C(=O)O[C@@H]1O[C@@H]1C[C@H](C)CC[C@H]1C(C)C)C(=O)OCc1cn(-c2ccc(/C=C/c3ccc(-n4cc(COC(=O)[C@H](CC(C)C)NC5=C(Br)C(=O)O[C@@H]5O[C@@H]5C[C@H](C)CC[C@H]5C(C)C)nn4)cc3S(=O)(=O)[O-])c(S(=O)(=O)[O-])c2)nn1.[Na+].[Na+]. The van der Waals surface area contributed by atoms with Crippen molar-refractivity contribution in [1.29, 1.82) is 0 Å². The van der Waals surface area contributed by atoms with Gasteiger partial charge in [-0.2, -0.15) is 0 Å². The summed E-state index contributed by atoms with van der Waals surface area (Å²) < 4.78 is 115. The van der Waals surface area contributed by atoms with Crippen LogP contribution in [0.25, 0.3) is 23.5 Å². The van der Waals surface area contributed by atoms with Gasteiger partial charge in [0.1, 0.15) is 77.3 Å². The first-order chi connectivity index (χ1) is 41.4. The van der Waals surface area contributed by atoms with Crippen molar-refractivity contribution in [1.82, 2.24) is 40.6 Å². The molecule has 2 aliphatic carbocycles. The van der Waals surface area contributed by atoms with Crippen LogP contribution in [-0.2, 0) is 81.0 Å². The van der Waals surface area contributed by atoms with Gasteiger partial charge in [-0.25, -0.2) is 45.4 Å². The van der Waals surface area contributed by atoms with E-state index in [0.717, 1.165) is 72.2 Å². The normalized spacial score (nSPS) is 23.0. The van der Waals surface area contributed by atoms with Gasteiger partial charge >= 0.3 is 83.0 Å². The van der Waals surface area contributed by atoms with Gasteiger partial charge in [-0.1, -0.05) is 117 Å². The maximum Gasteiger partial charge on any atom is 1.00 e. The summed E-state index contributed by atoms with van der Waals surface area (Å²) in [5.41, 5.74) is 0.692. The van der Waals surface area contributed by atoms with Gasteiger partial charge in [-0.3, -0.25) is 0 Å². The number of cyclic esters (lactones) is 2. The van der Waals surface area contributed by atoms with Crippen LogP contribution >= 0.6 is 31.9 Å². The first-order valence-electron chi connectivity index (χ1n) is 29.5. The molecule has 2 saturated carbocycles. The molecular formula is C60H76Br2N8Na2O16S2. The van der Waals surface area contributed by atoms with Crippen molar-refractivity contribution in [2.45, 2.75) is 180 Å². The largest absolute Gasteiger partial charge is 1.00 e. The second kappa shape index (κ2) is 32.5. The number of nitrogens with zero attached hydrogens (tertiary/aromatic N) is 6. The smallest absolute Gasteiger partial charge is 0.744 e. The molecule has 0 spiro atoms. The average Bonchev–Trinajstić information content (AvgIpc) is 1.73. The molecule has 8 rings (SSSR count). The number of hydrogen-bond acceptors (Lipinski definition) is 22. The van der Waals surface area contributed by atoms with Crippen molar-refractivity contribution >= 4 is 88.1 Å².